The molecule has 7 heteroatoms. The first kappa shape index (κ1) is 18.3. The van der Waals surface area contributed by atoms with Gasteiger partial charge in [0, 0.05) is 16.3 Å². The number of thiophene rings is 2. The third kappa shape index (κ3) is 3.01. The van der Waals surface area contributed by atoms with Crippen LogP contribution in [0.4, 0.5) is 4.39 Å². The van der Waals surface area contributed by atoms with E-state index in [0.717, 1.165) is 11.3 Å². The molecule has 0 bridgehead atoms. The normalized spacial score (nSPS) is 16.1. The van der Waals surface area contributed by atoms with Gasteiger partial charge in [-0.05, 0) is 53.9 Å². The number of benzene rings is 1. The number of hydrogen-bond acceptors (Lipinski definition) is 4. The SMILES string of the molecule is Cc1c(C(=O)N2CCc3sccc3C2c2cccs2)cnn1-c1ccccc1F. The Balaban J connectivity index is 1.55. The van der Waals surface area contributed by atoms with Crippen molar-refractivity contribution in [1.29, 1.82) is 0 Å². The number of hydrogen-bond donors (Lipinski definition) is 0. The molecule has 0 saturated carbocycles. The topological polar surface area (TPSA) is 38.1 Å². The highest BCUT2D eigenvalue weighted by molar-refractivity contribution is 7.10. The van der Waals surface area contributed by atoms with Crippen LogP contribution in [-0.4, -0.2) is 27.1 Å². The van der Waals surface area contributed by atoms with Gasteiger partial charge in [-0.2, -0.15) is 5.10 Å². The molecule has 1 aliphatic rings. The third-order valence-electron chi connectivity index (χ3n) is 5.36. The maximum Gasteiger partial charge on any atom is 0.258 e. The lowest BCUT2D eigenvalue weighted by atomic mass is 9.97. The zero-order chi connectivity index (χ0) is 20.0. The van der Waals surface area contributed by atoms with Crippen molar-refractivity contribution in [2.24, 2.45) is 0 Å². The smallest absolute Gasteiger partial charge is 0.258 e. The maximum atomic E-state index is 14.2. The quantitative estimate of drug-likeness (QED) is 0.452. The van der Waals surface area contributed by atoms with E-state index in [-0.39, 0.29) is 17.8 Å². The fourth-order valence-corrected chi connectivity index (χ4v) is 5.69. The average Bonchev–Trinajstić information content (AvgIpc) is 3.48. The molecule has 1 atom stereocenters. The van der Waals surface area contributed by atoms with Crippen molar-refractivity contribution < 1.29 is 9.18 Å². The third-order valence-corrected chi connectivity index (χ3v) is 7.28. The van der Waals surface area contributed by atoms with Gasteiger partial charge in [-0.25, -0.2) is 9.07 Å². The van der Waals surface area contributed by atoms with Gasteiger partial charge in [0.2, 0.25) is 0 Å². The molecule has 4 heterocycles. The van der Waals surface area contributed by atoms with E-state index in [4.69, 9.17) is 0 Å². The lowest BCUT2D eigenvalue weighted by Crippen LogP contribution is -2.40. The van der Waals surface area contributed by atoms with Crippen LogP contribution in [-0.2, 0) is 6.42 Å². The van der Waals surface area contributed by atoms with Crippen molar-refractivity contribution in [3.05, 3.63) is 91.8 Å². The van der Waals surface area contributed by atoms with Crippen LogP contribution >= 0.6 is 22.7 Å². The van der Waals surface area contributed by atoms with Crippen molar-refractivity contribution in [3.63, 3.8) is 0 Å². The van der Waals surface area contributed by atoms with Crippen LogP contribution in [0.25, 0.3) is 5.69 Å². The average molecular weight is 424 g/mol. The minimum atomic E-state index is -0.366. The minimum absolute atomic E-state index is 0.0691. The highest BCUT2D eigenvalue weighted by Gasteiger charge is 2.35. The van der Waals surface area contributed by atoms with E-state index < -0.39 is 0 Å². The van der Waals surface area contributed by atoms with Gasteiger partial charge in [-0.15, -0.1) is 22.7 Å². The van der Waals surface area contributed by atoms with Gasteiger partial charge in [0.25, 0.3) is 5.91 Å². The number of rotatable bonds is 3. The molecule has 1 unspecified atom stereocenters. The van der Waals surface area contributed by atoms with E-state index in [1.54, 1.807) is 47.1 Å². The molecule has 4 nitrogen and oxygen atoms in total. The Labute approximate surface area is 175 Å². The zero-order valence-electron chi connectivity index (χ0n) is 15.7. The van der Waals surface area contributed by atoms with Crippen molar-refractivity contribution in [1.82, 2.24) is 14.7 Å². The maximum absolute atomic E-state index is 14.2. The molecule has 0 N–H and O–H groups in total. The molecule has 146 valence electrons. The second-order valence-corrected chi connectivity index (χ2v) is 8.95. The summed E-state index contributed by atoms with van der Waals surface area (Å²) < 4.78 is 15.7. The van der Waals surface area contributed by atoms with Gasteiger partial charge in [-0.3, -0.25) is 4.79 Å². The predicted octanol–water partition coefficient (Wildman–Crippen LogP) is 5.23. The predicted molar refractivity (Wildman–Crippen MR) is 113 cm³/mol. The van der Waals surface area contributed by atoms with E-state index in [1.165, 1.54) is 21.2 Å². The Morgan fingerprint density at radius 2 is 2.00 bits per heavy atom. The number of fused-ring (bicyclic) bond motifs is 1. The minimum Gasteiger partial charge on any atom is -0.326 e. The largest absolute Gasteiger partial charge is 0.326 e. The van der Waals surface area contributed by atoms with E-state index >= 15 is 0 Å². The molecule has 0 fully saturated rings. The Hall–Kier alpha value is -2.77. The summed E-state index contributed by atoms with van der Waals surface area (Å²) in [5.41, 5.74) is 2.70. The zero-order valence-corrected chi connectivity index (χ0v) is 17.3. The van der Waals surface area contributed by atoms with Gasteiger partial charge in [-0.1, -0.05) is 18.2 Å². The van der Waals surface area contributed by atoms with E-state index in [0.29, 0.717) is 23.5 Å². The van der Waals surface area contributed by atoms with E-state index in [9.17, 15) is 9.18 Å². The number of halogens is 1. The first-order chi connectivity index (χ1) is 14.1. The van der Waals surface area contributed by atoms with Crippen LogP contribution in [0, 0.1) is 12.7 Å². The molecule has 5 rings (SSSR count). The van der Waals surface area contributed by atoms with Crippen LogP contribution in [0.3, 0.4) is 0 Å². The van der Waals surface area contributed by atoms with E-state index in [1.807, 2.05) is 23.3 Å². The van der Waals surface area contributed by atoms with Crippen molar-refractivity contribution in [2.45, 2.75) is 19.4 Å². The summed E-state index contributed by atoms with van der Waals surface area (Å²) in [6.07, 6.45) is 2.40. The monoisotopic (exact) mass is 423 g/mol. The molecule has 0 radical (unpaired) electrons. The number of carbonyl (C=O) groups excluding carboxylic acids is 1. The fraction of sp³-hybridized carbons (Fsp3) is 0.182. The standard InChI is InChI=1S/C22H18FN3OS2/c1-14-16(13-24-26(14)18-6-3-2-5-17(18)23)22(27)25-10-8-19-15(9-12-29-19)21(25)20-7-4-11-28-20/h2-7,9,11-13,21H,8,10H2,1H3. The van der Waals surface area contributed by atoms with Crippen molar-refractivity contribution in [2.75, 3.05) is 6.54 Å². The van der Waals surface area contributed by atoms with Gasteiger partial charge < -0.3 is 4.90 Å². The molecule has 29 heavy (non-hydrogen) atoms. The molecule has 1 aromatic carbocycles. The molecule has 0 saturated heterocycles. The number of aromatic nitrogens is 2. The first-order valence-electron chi connectivity index (χ1n) is 9.35. The van der Waals surface area contributed by atoms with Crippen LogP contribution in [0.15, 0.2) is 59.4 Å². The molecular formula is C22H18FN3OS2. The Morgan fingerprint density at radius 3 is 2.79 bits per heavy atom. The molecule has 0 spiro atoms. The van der Waals surface area contributed by atoms with Crippen LogP contribution in [0.2, 0.25) is 0 Å². The van der Waals surface area contributed by atoms with Gasteiger partial charge in [0.05, 0.1) is 23.5 Å². The van der Waals surface area contributed by atoms with E-state index in [2.05, 4.69) is 22.6 Å². The first-order valence-corrected chi connectivity index (χ1v) is 11.1. The molecular weight excluding hydrogens is 405 g/mol. The summed E-state index contributed by atoms with van der Waals surface area (Å²) in [5, 5.41) is 8.46. The Kier molecular flexibility index (Phi) is 4.56. The Bertz CT molecular complexity index is 1180. The van der Waals surface area contributed by atoms with Gasteiger partial charge >= 0.3 is 0 Å². The highest BCUT2D eigenvalue weighted by Crippen LogP contribution is 2.40. The second kappa shape index (κ2) is 7.24. The highest BCUT2D eigenvalue weighted by atomic mass is 32.1. The summed E-state index contributed by atoms with van der Waals surface area (Å²) in [5.74, 6) is -0.435. The lowest BCUT2D eigenvalue weighted by molar-refractivity contribution is 0.0698. The van der Waals surface area contributed by atoms with Gasteiger partial charge in [0.1, 0.15) is 11.5 Å². The van der Waals surface area contributed by atoms with Crippen LogP contribution < -0.4 is 0 Å². The number of para-hydroxylation sites is 1. The number of nitrogens with zero attached hydrogens (tertiary/aromatic N) is 3. The van der Waals surface area contributed by atoms with Crippen molar-refractivity contribution >= 4 is 28.6 Å². The summed E-state index contributed by atoms with van der Waals surface area (Å²) in [7, 11) is 0. The summed E-state index contributed by atoms with van der Waals surface area (Å²) in [6, 6.07) is 12.6. The fourth-order valence-electron chi connectivity index (χ4n) is 3.93. The Morgan fingerprint density at radius 1 is 1.14 bits per heavy atom. The van der Waals surface area contributed by atoms with Crippen molar-refractivity contribution in [3.8, 4) is 5.69 Å². The number of amides is 1. The number of carbonyl (C=O) groups is 1. The molecule has 0 aliphatic carbocycles. The van der Waals surface area contributed by atoms with Crippen LogP contribution in [0.5, 0.6) is 0 Å². The summed E-state index contributed by atoms with van der Waals surface area (Å²) in [6.45, 7) is 2.46. The summed E-state index contributed by atoms with van der Waals surface area (Å²) in [4.78, 5) is 18.0. The molecule has 3 aromatic heterocycles. The second-order valence-electron chi connectivity index (χ2n) is 6.97. The lowest BCUT2D eigenvalue weighted by Gasteiger charge is -2.35. The summed E-state index contributed by atoms with van der Waals surface area (Å²) >= 11 is 3.41. The van der Waals surface area contributed by atoms with Gasteiger partial charge in [0.15, 0.2) is 0 Å². The van der Waals surface area contributed by atoms with Crippen LogP contribution in [0.1, 0.15) is 37.4 Å². The molecule has 4 aromatic rings. The molecule has 1 aliphatic heterocycles. The molecule has 1 amide bonds.